The van der Waals surface area contributed by atoms with Crippen molar-refractivity contribution >= 4 is 46.3 Å². The number of amides is 1. The fourth-order valence-corrected chi connectivity index (χ4v) is 2.90. The van der Waals surface area contributed by atoms with Crippen LogP contribution in [0.1, 0.15) is 6.92 Å². The van der Waals surface area contributed by atoms with E-state index in [0.29, 0.717) is 23.0 Å². The first-order chi connectivity index (χ1) is 14.7. The van der Waals surface area contributed by atoms with Crippen molar-refractivity contribution in [3.05, 3.63) is 34.3 Å². The maximum Gasteiger partial charge on any atom is 0.258 e. The van der Waals surface area contributed by atoms with Crippen LogP contribution in [0.5, 0.6) is 23.0 Å². The number of hydrogen-bond donors (Lipinski definition) is 1. The fraction of sp³-hybridized carbons (Fsp3) is 0.300. The van der Waals surface area contributed by atoms with E-state index in [9.17, 15) is 9.59 Å². The minimum atomic E-state index is -1.44. The molecule has 0 saturated carbocycles. The number of benzene rings is 2. The molecule has 0 aliphatic rings. The maximum absolute atomic E-state index is 12.7. The molecule has 0 radical (unpaired) electrons. The Labute approximate surface area is 189 Å². The van der Waals surface area contributed by atoms with E-state index in [2.05, 4.69) is 15.5 Å². The molecule has 0 spiro atoms. The van der Waals surface area contributed by atoms with Crippen LogP contribution in [0.4, 0.5) is 11.4 Å². The summed E-state index contributed by atoms with van der Waals surface area (Å²) in [6.45, 7) is 1.22. The lowest BCUT2D eigenvalue weighted by atomic mass is 10.2. The van der Waals surface area contributed by atoms with Gasteiger partial charge in [-0.05, 0) is 6.92 Å². The molecule has 2 aromatic rings. The second kappa shape index (κ2) is 10.8. The zero-order valence-electron chi connectivity index (χ0n) is 17.5. The molecular formula is C20H21Cl2N3O6. The molecule has 0 heterocycles. The molecule has 0 aromatic heterocycles. The highest BCUT2D eigenvalue weighted by molar-refractivity contribution is 6.34. The average molecular weight is 470 g/mol. The number of carbonyl (C=O) groups excluding carboxylic acids is 2. The summed E-state index contributed by atoms with van der Waals surface area (Å²) in [4.78, 5) is 24.7. The molecule has 0 bridgehead atoms. The Morgan fingerprint density at radius 3 is 1.84 bits per heavy atom. The highest BCUT2D eigenvalue weighted by Gasteiger charge is 2.25. The van der Waals surface area contributed by atoms with E-state index in [1.165, 1.54) is 59.6 Å². The maximum atomic E-state index is 12.7. The molecule has 0 fully saturated rings. The molecule has 0 saturated heterocycles. The molecule has 0 aliphatic heterocycles. The Morgan fingerprint density at radius 1 is 0.839 bits per heavy atom. The number of methoxy groups -OCH3 is 4. The molecule has 11 heteroatoms. The molecule has 0 aliphatic carbocycles. The molecule has 1 amide bonds. The van der Waals surface area contributed by atoms with Crippen molar-refractivity contribution < 1.29 is 28.5 Å². The van der Waals surface area contributed by atoms with E-state index in [-0.39, 0.29) is 21.4 Å². The third kappa shape index (κ3) is 5.77. The normalized spacial score (nSPS) is 11.7. The Hall–Kier alpha value is -3.04. The average Bonchev–Trinajstić information content (AvgIpc) is 2.75. The minimum absolute atomic E-state index is 0.188. The summed E-state index contributed by atoms with van der Waals surface area (Å²) in [5, 5.41) is 10.8. The van der Waals surface area contributed by atoms with Crippen LogP contribution in [0.3, 0.4) is 0 Å². The Morgan fingerprint density at radius 2 is 1.32 bits per heavy atom. The SMILES string of the molecule is COc1cc(Cl)c(N=NC(C(C)=O)C(=O)Nc2cc(OC)c(OC)cc2Cl)cc1OC. The van der Waals surface area contributed by atoms with Crippen molar-refractivity contribution in [2.75, 3.05) is 33.8 Å². The van der Waals surface area contributed by atoms with Crippen LogP contribution in [0.25, 0.3) is 0 Å². The van der Waals surface area contributed by atoms with Crippen LogP contribution in [0.2, 0.25) is 10.0 Å². The molecule has 1 N–H and O–H groups in total. The molecule has 1 unspecified atom stereocenters. The summed E-state index contributed by atoms with van der Waals surface area (Å²) >= 11 is 12.4. The van der Waals surface area contributed by atoms with Gasteiger partial charge in [-0.1, -0.05) is 23.2 Å². The lowest BCUT2D eigenvalue weighted by Crippen LogP contribution is -2.31. The standard InChI is InChI=1S/C20H21Cl2N3O6/c1-10(26)19(25-24-14-9-18(31-5)16(29-3)7-12(14)22)20(27)23-13-8-17(30-4)15(28-2)6-11(13)21/h6-9,19H,1-5H3,(H,23,27). The number of hydrogen-bond acceptors (Lipinski definition) is 8. The van der Waals surface area contributed by atoms with Crippen molar-refractivity contribution in [1.82, 2.24) is 0 Å². The molecule has 31 heavy (non-hydrogen) atoms. The second-order valence-corrected chi connectivity index (χ2v) is 6.88. The number of nitrogens with one attached hydrogen (secondary N) is 1. The van der Waals surface area contributed by atoms with Gasteiger partial charge in [0, 0.05) is 24.3 Å². The first kappa shape index (κ1) is 24.2. The monoisotopic (exact) mass is 469 g/mol. The predicted molar refractivity (Wildman–Crippen MR) is 117 cm³/mol. The number of nitrogens with zero attached hydrogens (tertiary/aromatic N) is 2. The fourth-order valence-electron chi connectivity index (χ4n) is 2.51. The summed E-state index contributed by atoms with van der Waals surface area (Å²) in [7, 11) is 5.81. The molecular weight excluding hydrogens is 449 g/mol. The highest BCUT2D eigenvalue weighted by atomic mass is 35.5. The van der Waals surface area contributed by atoms with Gasteiger partial charge in [-0.3, -0.25) is 9.59 Å². The van der Waals surface area contributed by atoms with Crippen LogP contribution in [0.15, 0.2) is 34.5 Å². The molecule has 1 atom stereocenters. The summed E-state index contributed by atoms with van der Waals surface area (Å²) < 4.78 is 20.7. The Kier molecular flexibility index (Phi) is 8.47. The largest absolute Gasteiger partial charge is 0.493 e. The molecule has 9 nitrogen and oxygen atoms in total. The van der Waals surface area contributed by atoms with Crippen LogP contribution in [-0.2, 0) is 9.59 Å². The van der Waals surface area contributed by atoms with Crippen LogP contribution in [-0.4, -0.2) is 46.2 Å². The second-order valence-electron chi connectivity index (χ2n) is 6.06. The van der Waals surface area contributed by atoms with E-state index in [0.717, 1.165) is 0 Å². The predicted octanol–water partition coefficient (Wildman–Crippen LogP) is 4.71. The van der Waals surface area contributed by atoms with Gasteiger partial charge in [0.1, 0.15) is 5.69 Å². The number of halogens is 2. The van der Waals surface area contributed by atoms with Crippen LogP contribution in [0, 0.1) is 0 Å². The van der Waals surface area contributed by atoms with Gasteiger partial charge >= 0.3 is 0 Å². The van der Waals surface area contributed by atoms with Crippen molar-refractivity contribution in [2.45, 2.75) is 13.0 Å². The van der Waals surface area contributed by atoms with E-state index < -0.39 is 17.7 Å². The minimum Gasteiger partial charge on any atom is -0.493 e. The number of carbonyl (C=O) groups is 2. The number of ether oxygens (including phenoxy) is 4. The van der Waals surface area contributed by atoms with E-state index in [1.54, 1.807) is 0 Å². The Balaban J connectivity index is 2.31. The van der Waals surface area contributed by atoms with E-state index >= 15 is 0 Å². The quantitative estimate of drug-likeness (QED) is 0.420. The van der Waals surface area contributed by atoms with Gasteiger partial charge in [-0.25, -0.2) is 0 Å². The molecule has 2 aromatic carbocycles. The van der Waals surface area contributed by atoms with Crippen LogP contribution >= 0.6 is 23.2 Å². The van der Waals surface area contributed by atoms with Crippen LogP contribution < -0.4 is 24.3 Å². The number of rotatable bonds is 9. The zero-order valence-corrected chi connectivity index (χ0v) is 19.0. The van der Waals surface area contributed by atoms with Crippen molar-refractivity contribution in [2.24, 2.45) is 10.2 Å². The van der Waals surface area contributed by atoms with Crippen molar-refractivity contribution in [1.29, 1.82) is 0 Å². The number of anilines is 1. The number of ketones is 1. The van der Waals surface area contributed by atoms with E-state index in [4.69, 9.17) is 42.1 Å². The highest BCUT2D eigenvalue weighted by Crippen LogP contribution is 2.38. The van der Waals surface area contributed by atoms with Gasteiger partial charge in [0.05, 0.1) is 44.2 Å². The summed E-state index contributed by atoms with van der Waals surface area (Å²) in [5.41, 5.74) is 0.414. The van der Waals surface area contributed by atoms with Gasteiger partial charge in [0.15, 0.2) is 28.8 Å². The molecule has 166 valence electrons. The third-order valence-corrected chi connectivity index (χ3v) is 4.71. The van der Waals surface area contributed by atoms with E-state index in [1.807, 2.05) is 0 Å². The zero-order chi connectivity index (χ0) is 23.1. The van der Waals surface area contributed by atoms with Crippen molar-refractivity contribution in [3.63, 3.8) is 0 Å². The van der Waals surface area contributed by atoms with Gasteiger partial charge in [0.2, 0.25) is 6.04 Å². The van der Waals surface area contributed by atoms with Gasteiger partial charge < -0.3 is 24.3 Å². The lowest BCUT2D eigenvalue weighted by Gasteiger charge is -2.14. The first-order valence-corrected chi connectivity index (χ1v) is 9.56. The Bertz CT molecular complexity index is 1010. The summed E-state index contributed by atoms with van der Waals surface area (Å²) in [6, 6.07) is 4.47. The lowest BCUT2D eigenvalue weighted by molar-refractivity contribution is -0.126. The third-order valence-electron chi connectivity index (χ3n) is 4.10. The van der Waals surface area contributed by atoms with Gasteiger partial charge in [-0.2, -0.15) is 10.2 Å². The smallest absolute Gasteiger partial charge is 0.258 e. The van der Waals surface area contributed by atoms with Gasteiger partial charge in [-0.15, -0.1) is 0 Å². The first-order valence-electron chi connectivity index (χ1n) is 8.80. The van der Waals surface area contributed by atoms with Crippen molar-refractivity contribution in [3.8, 4) is 23.0 Å². The number of azo groups is 1. The number of Topliss-reactive ketones (excluding diaryl/α,β-unsaturated/α-hetero) is 1. The topological polar surface area (TPSA) is 108 Å². The summed E-state index contributed by atoms with van der Waals surface area (Å²) in [5.74, 6) is 0.227. The summed E-state index contributed by atoms with van der Waals surface area (Å²) in [6.07, 6.45) is 0. The van der Waals surface area contributed by atoms with Gasteiger partial charge in [0.25, 0.3) is 5.91 Å². The molecule has 2 rings (SSSR count).